The lowest BCUT2D eigenvalue weighted by atomic mass is 9.74. The standard InChI is InChI=1S/C30H38N2O3.C27H38N2O3.C22H36N2O3.C20H32N2O2.C19H32N2O/c1-6-30(7-2)21-25(20-29(4,5)32(30)35-22(3)23-14-9-8-10-15-23)34-28(33)31-27-19-13-17-24-16-11-12-18-26(24)27;1-7-27(8-2)19-24(31-25(30)28-23-16-14-20(3)15-17-23)18-26(5,6)29(27)32-21(4)22-12-10-9-11-13-22;1-8-22(9-2)16-19(26-20(25)23(6)7)15-21(4,5)24(22)27-17(3)18-13-11-10-12-14-18;1-6-20(7-2)14-18(21-15-23)13-19(4,5)22(20)24-16(3)17-11-9-8-10-12-17;1-6-19(7-2)14-17(20)13-18(4,5)21(19)22-15(3)16-11-9-8-10-12-16/h8-19,22,25H,6-7,20-21H2,1-5H3,(H,31,33);9-17,21,24H,7-8,18-19H2,1-6H3,(H,28,30);10-14,17,19H,8-9,15-16H2,1-7H3;8-12,15-16,18H,6-7,13-14H2,1-5H3,(H,21,23);8-12,15,17H,6-7,13-14,20H2,1-5H3. The highest BCUT2D eigenvalue weighted by Gasteiger charge is 2.57. The Bertz CT molecular complexity index is 5040. The van der Waals surface area contributed by atoms with Gasteiger partial charge in [-0.05, 0) is 252 Å². The van der Waals surface area contributed by atoms with E-state index < -0.39 is 12.2 Å². The molecule has 5 aliphatic rings. The molecule has 10 unspecified atom stereocenters. The zero-order chi connectivity index (χ0) is 103. The molecule has 0 aliphatic carbocycles. The topological polar surface area (TPSA) is 224 Å². The second-order valence-corrected chi connectivity index (χ2v) is 43.4. The third kappa shape index (κ3) is 29.1. The second kappa shape index (κ2) is 50.9. The quantitative estimate of drug-likeness (QED) is 0.0227. The number of carbonyl (C=O) groups excluding carboxylic acids is 4. The fourth-order valence-corrected chi connectivity index (χ4v) is 22.9. The van der Waals surface area contributed by atoms with Crippen molar-refractivity contribution in [1.29, 1.82) is 0 Å². The minimum atomic E-state index is -0.407. The Morgan fingerprint density at radius 1 is 0.350 bits per heavy atom. The van der Waals surface area contributed by atoms with Crippen LogP contribution in [0.5, 0.6) is 0 Å². The van der Waals surface area contributed by atoms with Crippen LogP contribution in [0.25, 0.3) is 10.8 Å². The van der Waals surface area contributed by atoms with Crippen molar-refractivity contribution in [2.45, 2.75) is 425 Å². The van der Waals surface area contributed by atoms with Crippen molar-refractivity contribution in [2.75, 3.05) is 24.7 Å². The van der Waals surface area contributed by atoms with E-state index in [-0.39, 0.29) is 122 Å². The number of hydrogen-bond acceptors (Lipinski definition) is 18. The minimum absolute atomic E-state index is 0.00136. The van der Waals surface area contributed by atoms with Crippen LogP contribution in [-0.4, -0.2) is 155 Å². The van der Waals surface area contributed by atoms with Crippen molar-refractivity contribution in [2.24, 2.45) is 5.73 Å². The number of nitrogens with zero attached hydrogens (tertiary/aromatic N) is 6. The summed E-state index contributed by atoms with van der Waals surface area (Å²) in [5.41, 5.74) is 13.2. The van der Waals surface area contributed by atoms with E-state index in [0.29, 0.717) is 12.8 Å². The molecule has 5 heterocycles. The van der Waals surface area contributed by atoms with Crippen molar-refractivity contribution in [3.8, 4) is 0 Å². The van der Waals surface area contributed by atoms with Crippen LogP contribution in [0.2, 0.25) is 0 Å². The summed E-state index contributed by atoms with van der Waals surface area (Å²) in [6, 6.07) is 73.8. The average molecular weight is 1930 g/mol. The van der Waals surface area contributed by atoms with Gasteiger partial charge in [0.25, 0.3) is 0 Å². The molecule has 8 aromatic rings. The SMILES string of the molecule is CCC1(CC)CC(N)CC(C)(C)N1OC(C)c1ccccc1.CCC1(CC)CC(NC=O)CC(C)(C)N1OC(C)c1ccccc1.CCC1(CC)CC(OC(=O)N(C)C)CC(C)(C)N1OC(C)c1ccccc1.CCC1(CC)CC(OC(=O)Nc2ccc(C)cc2)CC(C)(C)N1OC(C)c1ccccc1.CCC1(CC)CC(OC(=O)Nc2cccc3ccccc23)CC(C)(C)N1OC(C)c1ccccc1. The lowest BCUT2D eigenvalue weighted by molar-refractivity contribution is -0.322. The first kappa shape index (κ1) is 114. The van der Waals surface area contributed by atoms with Crippen LogP contribution in [-0.2, 0) is 43.2 Å². The monoisotopic (exact) mass is 1930 g/mol. The van der Waals surface area contributed by atoms with E-state index in [1.54, 1.807) is 14.1 Å². The molecular formula is C118H176N10O12. The van der Waals surface area contributed by atoms with E-state index in [1.807, 2.05) is 153 Å². The first-order chi connectivity index (χ1) is 66.3. The van der Waals surface area contributed by atoms with Gasteiger partial charge in [0.15, 0.2) is 0 Å². The zero-order valence-corrected chi connectivity index (χ0v) is 90.4. The van der Waals surface area contributed by atoms with Crippen molar-refractivity contribution < 1.29 is 57.6 Å². The summed E-state index contributed by atoms with van der Waals surface area (Å²) in [6.07, 6.45) is 16.9. The number of hydrogen-bond donors (Lipinski definition) is 4. The zero-order valence-electron chi connectivity index (χ0n) is 90.4. The normalized spacial score (nSPS) is 22.5. The largest absolute Gasteiger partial charge is 0.446 e. The molecule has 140 heavy (non-hydrogen) atoms. The smallest absolute Gasteiger partial charge is 0.411 e. The highest BCUT2D eigenvalue weighted by molar-refractivity contribution is 6.00. The third-order valence-electron chi connectivity index (χ3n) is 30.7. The van der Waals surface area contributed by atoms with Crippen molar-refractivity contribution in [3.63, 3.8) is 0 Å². The van der Waals surface area contributed by atoms with Gasteiger partial charge in [0.1, 0.15) is 48.8 Å². The summed E-state index contributed by atoms with van der Waals surface area (Å²) in [6.45, 7) is 56.7. The van der Waals surface area contributed by atoms with E-state index >= 15 is 0 Å². The van der Waals surface area contributed by atoms with E-state index in [2.05, 4.69) is 287 Å². The molecule has 0 spiro atoms. The molecule has 22 heteroatoms. The lowest BCUT2D eigenvalue weighted by Gasteiger charge is -2.56. The maximum Gasteiger partial charge on any atom is 0.411 e. The lowest BCUT2D eigenvalue weighted by Crippen LogP contribution is -2.65. The fourth-order valence-electron chi connectivity index (χ4n) is 22.9. The minimum Gasteiger partial charge on any atom is -0.446 e. The third-order valence-corrected chi connectivity index (χ3v) is 30.7. The highest BCUT2D eigenvalue weighted by Crippen LogP contribution is 2.52. The Kier molecular flexibility index (Phi) is 41.6. The van der Waals surface area contributed by atoms with Gasteiger partial charge in [-0.2, -0.15) is 25.3 Å². The Morgan fingerprint density at radius 3 is 0.950 bits per heavy atom. The van der Waals surface area contributed by atoms with E-state index in [1.165, 1.54) is 16.0 Å². The number of fused-ring (bicyclic) bond motifs is 1. The summed E-state index contributed by atoms with van der Waals surface area (Å²) in [4.78, 5) is 83.1. The predicted molar refractivity (Wildman–Crippen MR) is 570 cm³/mol. The number of anilines is 2. The Hall–Kier alpha value is -9.14. The summed E-state index contributed by atoms with van der Waals surface area (Å²) in [5, 5.41) is 22.1. The summed E-state index contributed by atoms with van der Waals surface area (Å²) in [5.74, 6) is 0. The van der Waals surface area contributed by atoms with Crippen LogP contribution in [0.15, 0.2) is 218 Å². The Morgan fingerprint density at radius 2 is 0.629 bits per heavy atom. The summed E-state index contributed by atoms with van der Waals surface area (Å²) in [7, 11) is 3.44. The number of hydroxylamine groups is 10. The summed E-state index contributed by atoms with van der Waals surface area (Å²) < 4.78 is 17.8. The summed E-state index contributed by atoms with van der Waals surface area (Å²) >= 11 is 0. The number of amides is 4. The number of rotatable bonds is 32. The van der Waals surface area contributed by atoms with Gasteiger partial charge in [0, 0.05) is 131 Å². The number of aryl methyl sites for hydroxylation is 1. The number of carbonyl (C=O) groups is 4. The van der Waals surface area contributed by atoms with Gasteiger partial charge in [0.2, 0.25) is 6.41 Å². The molecule has 0 bridgehead atoms. The number of ether oxygens (including phenoxy) is 3. The molecule has 0 radical (unpaired) electrons. The van der Waals surface area contributed by atoms with E-state index in [9.17, 15) is 19.2 Å². The molecule has 0 saturated carbocycles. The van der Waals surface area contributed by atoms with Gasteiger partial charge in [-0.25, -0.2) is 14.4 Å². The van der Waals surface area contributed by atoms with Crippen LogP contribution in [0, 0.1) is 6.92 Å². The molecular weight excluding hydrogens is 1750 g/mol. The second-order valence-electron chi connectivity index (χ2n) is 43.4. The van der Waals surface area contributed by atoms with Gasteiger partial charge < -0.3 is 30.2 Å². The first-order valence-electron chi connectivity index (χ1n) is 52.3. The first-order valence-corrected chi connectivity index (χ1v) is 52.3. The predicted octanol–water partition coefficient (Wildman–Crippen LogP) is 28.8. The maximum atomic E-state index is 13.0. The fraction of sp³-hybridized carbons (Fsp3) is 0.576. The van der Waals surface area contributed by atoms with Crippen LogP contribution in [0.1, 0.15) is 365 Å². The molecule has 5 N–H and O–H groups in total. The Labute approximate surface area is 842 Å². The van der Waals surface area contributed by atoms with Gasteiger partial charge in [-0.1, -0.05) is 275 Å². The Balaban J connectivity index is 0.000000198. The van der Waals surface area contributed by atoms with Crippen molar-refractivity contribution >= 4 is 46.8 Å². The molecule has 22 nitrogen and oxygen atoms in total. The molecule has 5 saturated heterocycles. The van der Waals surface area contributed by atoms with Crippen LogP contribution in [0.3, 0.4) is 0 Å². The molecule has 4 amide bonds. The van der Waals surface area contributed by atoms with Crippen molar-refractivity contribution in [1.82, 2.24) is 35.5 Å². The molecule has 13 rings (SSSR count). The number of piperidine rings is 5. The van der Waals surface area contributed by atoms with Gasteiger partial charge >= 0.3 is 18.3 Å². The number of nitrogens with two attached hydrogens (primary N) is 1. The molecule has 8 aromatic carbocycles. The van der Waals surface area contributed by atoms with Gasteiger partial charge in [-0.15, -0.1) is 0 Å². The molecule has 770 valence electrons. The van der Waals surface area contributed by atoms with Crippen LogP contribution < -0.4 is 21.7 Å². The van der Waals surface area contributed by atoms with Crippen LogP contribution >= 0.6 is 0 Å². The average Bonchev–Trinajstić information content (AvgIpc) is 0.748. The highest BCUT2D eigenvalue weighted by atomic mass is 16.7. The molecule has 5 fully saturated rings. The van der Waals surface area contributed by atoms with E-state index in [4.69, 9.17) is 44.1 Å². The molecule has 0 aromatic heterocycles. The van der Waals surface area contributed by atoms with Gasteiger partial charge in [-0.3, -0.25) is 39.6 Å². The molecule has 10 atom stereocenters. The number of benzene rings is 8. The number of nitrogens with one attached hydrogen (secondary N) is 3. The van der Waals surface area contributed by atoms with Crippen LogP contribution in [0.4, 0.5) is 25.8 Å². The molecule has 5 aliphatic heterocycles. The van der Waals surface area contributed by atoms with E-state index in [0.717, 1.165) is 166 Å². The maximum absolute atomic E-state index is 13.0. The van der Waals surface area contributed by atoms with Crippen molar-refractivity contribution in [3.05, 3.63) is 252 Å². The van der Waals surface area contributed by atoms with Gasteiger partial charge in [0.05, 0.1) is 5.69 Å².